The molecule has 0 bridgehead atoms. The van der Waals surface area contributed by atoms with Crippen LogP contribution in [0, 0.1) is 5.92 Å². The zero-order valence-corrected chi connectivity index (χ0v) is 15.4. The van der Waals surface area contributed by atoms with E-state index in [1.54, 1.807) is 0 Å². The Hall–Kier alpha value is -2.07. The predicted molar refractivity (Wildman–Crippen MR) is 104 cm³/mol. The molecule has 0 aromatic heterocycles. The Balaban J connectivity index is 1.21. The van der Waals surface area contributed by atoms with Crippen molar-refractivity contribution >= 4 is 16.7 Å². The maximum Gasteiger partial charge on any atom is 0.225 e. The van der Waals surface area contributed by atoms with Crippen molar-refractivity contribution in [3.63, 3.8) is 0 Å². The van der Waals surface area contributed by atoms with Crippen LogP contribution in [-0.2, 0) is 4.79 Å². The topological polar surface area (TPSA) is 32.8 Å². The normalized spacial score (nSPS) is 19.2. The molecule has 2 aromatic rings. The molecule has 2 heterocycles. The van der Waals surface area contributed by atoms with Gasteiger partial charge in [-0.2, -0.15) is 0 Å². The van der Waals surface area contributed by atoms with Gasteiger partial charge in [-0.05, 0) is 61.7 Å². The number of likely N-dealkylation sites (tertiary alicyclic amines) is 2. The van der Waals surface area contributed by atoms with Gasteiger partial charge in [0.15, 0.2) is 0 Å². The summed E-state index contributed by atoms with van der Waals surface area (Å²) in [5.41, 5.74) is 0. The summed E-state index contributed by atoms with van der Waals surface area (Å²) in [4.78, 5) is 17.0. The van der Waals surface area contributed by atoms with E-state index >= 15 is 0 Å². The highest BCUT2D eigenvalue weighted by atomic mass is 16.5. The number of piperidine rings is 1. The molecule has 0 saturated carbocycles. The number of hydrogen-bond donors (Lipinski definition) is 0. The standard InChI is InChI=1S/C22H28N2O2/c25-22(24-11-3-4-12-24)19-9-13-23(14-10-19)15-16-26-21-8-7-18-5-1-2-6-20(18)17-21/h1-2,5-8,17,19H,3-4,9-16H2. The number of fused-ring (bicyclic) bond motifs is 1. The number of rotatable bonds is 5. The summed E-state index contributed by atoms with van der Waals surface area (Å²) in [6, 6.07) is 14.6. The number of hydrogen-bond acceptors (Lipinski definition) is 3. The summed E-state index contributed by atoms with van der Waals surface area (Å²) in [6.07, 6.45) is 4.34. The van der Waals surface area contributed by atoms with Crippen molar-refractivity contribution in [3.8, 4) is 5.75 Å². The van der Waals surface area contributed by atoms with Gasteiger partial charge in [-0.3, -0.25) is 9.69 Å². The molecular formula is C22H28N2O2. The van der Waals surface area contributed by atoms with Crippen LogP contribution in [0.2, 0.25) is 0 Å². The molecule has 2 aliphatic heterocycles. The average Bonchev–Trinajstić information content (AvgIpc) is 3.23. The van der Waals surface area contributed by atoms with Crippen LogP contribution in [0.3, 0.4) is 0 Å². The molecule has 26 heavy (non-hydrogen) atoms. The maximum atomic E-state index is 12.5. The minimum absolute atomic E-state index is 0.241. The van der Waals surface area contributed by atoms with Gasteiger partial charge < -0.3 is 9.64 Å². The summed E-state index contributed by atoms with van der Waals surface area (Å²) in [5, 5.41) is 2.45. The number of carbonyl (C=O) groups is 1. The second kappa shape index (κ2) is 8.09. The minimum atomic E-state index is 0.241. The zero-order valence-electron chi connectivity index (χ0n) is 15.4. The molecule has 0 aliphatic carbocycles. The fourth-order valence-electron chi connectivity index (χ4n) is 4.15. The molecule has 4 rings (SSSR count). The lowest BCUT2D eigenvalue weighted by molar-refractivity contribution is -0.136. The molecule has 4 heteroatoms. The molecule has 2 fully saturated rings. The van der Waals surface area contributed by atoms with Crippen LogP contribution in [0.1, 0.15) is 25.7 Å². The second-order valence-corrected chi connectivity index (χ2v) is 7.51. The van der Waals surface area contributed by atoms with Crippen LogP contribution in [0.4, 0.5) is 0 Å². The van der Waals surface area contributed by atoms with Crippen molar-refractivity contribution in [1.82, 2.24) is 9.80 Å². The largest absolute Gasteiger partial charge is 0.492 e. The molecule has 0 unspecified atom stereocenters. The predicted octanol–water partition coefficient (Wildman–Crippen LogP) is 3.55. The highest BCUT2D eigenvalue weighted by molar-refractivity contribution is 5.83. The van der Waals surface area contributed by atoms with Gasteiger partial charge in [0, 0.05) is 25.6 Å². The minimum Gasteiger partial charge on any atom is -0.492 e. The summed E-state index contributed by atoms with van der Waals surface area (Å²) >= 11 is 0. The first-order valence-electron chi connectivity index (χ1n) is 9.92. The monoisotopic (exact) mass is 352 g/mol. The molecule has 0 N–H and O–H groups in total. The average molecular weight is 352 g/mol. The van der Waals surface area contributed by atoms with E-state index in [1.807, 2.05) is 6.07 Å². The Morgan fingerprint density at radius 1 is 0.962 bits per heavy atom. The molecule has 0 spiro atoms. The Labute approximate surface area is 155 Å². The Morgan fingerprint density at radius 2 is 1.69 bits per heavy atom. The third kappa shape index (κ3) is 4.01. The summed E-state index contributed by atoms with van der Waals surface area (Å²) in [6.45, 7) is 5.58. The van der Waals surface area contributed by atoms with Crippen LogP contribution >= 0.6 is 0 Å². The molecule has 1 amide bonds. The molecule has 2 saturated heterocycles. The molecule has 0 radical (unpaired) electrons. The van der Waals surface area contributed by atoms with Gasteiger partial charge in [-0.25, -0.2) is 0 Å². The first-order valence-corrected chi connectivity index (χ1v) is 9.92. The molecule has 4 nitrogen and oxygen atoms in total. The van der Waals surface area contributed by atoms with E-state index in [2.05, 4.69) is 46.2 Å². The highest BCUT2D eigenvalue weighted by Gasteiger charge is 2.29. The van der Waals surface area contributed by atoms with Crippen LogP contribution in [-0.4, -0.2) is 55.0 Å². The van der Waals surface area contributed by atoms with Crippen molar-refractivity contribution in [2.75, 3.05) is 39.3 Å². The van der Waals surface area contributed by atoms with E-state index in [0.29, 0.717) is 12.5 Å². The van der Waals surface area contributed by atoms with Crippen molar-refractivity contribution in [3.05, 3.63) is 42.5 Å². The number of ether oxygens (including phenoxy) is 1. The molecule has 0 atom stereocenters. The van der Waals surface area contributed by atoms with E-state index in [9.17, 15) is 4.79 Å². The smallest absolute Gasteiger partial charge is 0.225 e. The van der Waals surface area contributed by atoms with E-state index < -0.39 is 0 Å². The van der Waals surface area contributed by atoms with Crippen molar-refractivity contribution in [2.24, 2.45) is 5.92 Å². The van der Waals surface area contributed by atoms with Gasteiger partial charge in [0.1, 0.15) is 12.4 Å². The summed E-state index contributed by atoms with van der Waals surface area (Å²) in [7, 11) is 0. The van der Waals surface area contributed by atoms with Gasteiger partial charge >= 0.3 is 0 Å². The highest BCUT2D eigenvalue weighted by Crippen LogP contribution is 2.23. The lowest BCUT2D eigenvalue weighted by Gasteiger charge is -2.33. The molecular weight excluding hydrogens is 324 g/mol. The number of carbonyl (C=O) groups excluding carboxylic acids is 1. The third-order valence-corrected chi connectivity index (χ3v) is 5.75. The SMILES string of the molecule is O=C(C1CCN(CCOc2ccc3ccccc3c2)CC1)N1CCCC1. The summed E-state index contributed by atoms with van der Waals surface area (Å²) < 4.78 is 5.96. The first kappa shape index (κ1) is 17.3. The Bertz CT molecular complexity index is 747. The maximum absolute atomic E-state index is 12.5. The third-order valence-electron chi connectivity index (χ3n) is 5.75. The van der Waals surface area contributed by atoms with Crippen LogP contribution in [0.5, 0.6) is 5.75 Å². The van der Waals surface area contributed by atoms with E-state index in [1.165, 1.54) is 23.6 Å². The van der Waals surface area contributed by atoms with Crippen LogP contribution in [0.15, 0.2) is 42.5 Å². The lowest BCUT2D eigenvalue weighted by atomic mass is 9.95. The van der Waals surface area contributed by atoms with Crippen molar-refractivity contribution in [2.45, 2.75) is 25.7 Å². The van der Waals surface area contributed by atoms with Crippen LogP contribution in [0.25, 0.3) is 10.8 Å². The number of benzene rings is 2. The quantitative estimate of drug-likeness (QED) is 0.825. The van der Waals surface area contributed by atoms with E-state index in [0.717, 1.165) is 51.3 Å². The molecule has 2 aromatic carbocycles. The number of amides is 1. The van der Waals surface area contributed by atoms with Gasteiger partial charge in [0.05, 0.1) is 0 Å². The van der Waals surface area contributed by atoms with Gasteiger partial charge in [-0.15, -0.1) is 0 Å². The Kier molecular flexibility index (Phi) is 5.40. The van der Waals surface area contributed by atoms with Crippen LogP contribution < -0.4 is 4.74 Å². The fraction of sp³-hybridized carbons (Fsp3) is 0.500. The second-order valence-electron chi connectivity index (χ2n) is 7.51. The van der Waals surface area contributed by atoms with E-state index in [-0.39, 0.29) is 5.92 Å². The molecule has 138 valence electrons. The van der Waals surface area contributed by atoms with Gasteiger partial charge in [-0.1, -0.05) is 30.3 Å². The first-order chi connectivity index (χ1) is 12.8. The van der Waals surface area contributed by atoms with Crippen molar-refractivity contribution < 1.29 is 9.53 Å². The Morgan fingerprint density at radius 3 is 2.46 bits per heavy atom. The van der Waals surface area contributed by atoms with Gasteiger partial charge in [0.25, 0.3) is 0 Å². The van der Waals surface area contributed by atoms with Gasteiger partial charge in [0.2, 0.25) is 5.91 Å². The fourth-order valence-corrected chi connectivity index (χ4v) is 4.15. The molecule has 2 aliphatic rings. The van der Waals surface area contributed by atoms with Crippen molar-refractivity contribution in [1.29, 1.82) is 0 Å². The number of nitrogens with zero attached hydrogens (tertiary/aromatic N) is 2. The lowest BCUT2D eigenvalue weighted by Crippen LogP contribution is -2.42. The summed E-state index contributed by atoms with van der Waals surface area (Å²) in [5.74, 6) is 1.57. The zero-order chi connectivity index (χ0) is 17.8. The van der Waals surface area contributed by atoms with E-state index in [4.69, 9.17) is 4.74 Å².